The Morgan fingerprint density at radius 1 is 0.458 bits per heavy atom. The van der Waals surface area contributed by atoms with Crippen LogP contribution in [0, 0.1) is 23.7 Å². The van der Waals surface area contributed by atoms with Gasteiger partial charge in [-0.05, 0) is 49.4 Å². The highest BCUT2D eigenvalue weighted by Gasteiger charge is 2.35. The second-order valence-electron chi connectivity index (χ2n) is 9.58. The number of hydrogen-bond donors (Lipinski definition) is 2. The first-order valence-corrected chi connectivity index (χ1v) is 11.1. The smallest absolute Gasteiger partial charge is 0.0224 e. The van der Waals surface area contributed by atoms with Gasteiger partial charge in [0.25, 0.3) is 0 Å². The topological polar surface area (TPSA) is 24.1 Å². The third-order valence-electron chi connectivity index (χ3n) is 8.04. The molecule has 0 spiro atoms. The zero-order valence-corrected chi connectivity index (χ0v) is 16.7. The van der Waals surface area contributed by atoms with Crippen molar-refractivity contribution in [1.82, 2.24) is 10.6 Å². The van der Waals surface area contributed by atoms with Crippen LogP contribution in [0.2, 0.25) is 0 Å². The maximum absolute atomic E-state index is 4.14. The van der Waals surface area contributed by atoms with Crippen LogP contribution >= 0.6 is 0 Å². The summed E-state index contributed by atoms with van der Waals surface area (Å²) < 4.78 is 0. The largest absolute Gasteiger partial charge is 0.309 e. The Balaban J connectivity index is 1.58. The van der Waals surface area contributed by atoms with Crippen LogP contribution in [0.5, 0.6) is 0 Å². The van der Waals surface area contributed by atoms with Crippen molar-refractivity contribution in [3.8, 4) is 0 Å². The van der Waals surface area contributed by atoms with Crippen LogP contribution < -0.4 is 10.6 Å². The number of nitrogens with one attached hydrogen (secondary N) is 2. The lowest BCUT2D eigenvalue weighted by Gasteiger charge is -2.44. The molecule has 3 saturated carbocycles. The van der Waals surface area contributed by atoms with Gasteiger partial charge in [-0.25, -0.2) is 0 Å². The van der Waals surface area contributed by atoms with Crippen molar-refractivity contribution in [2.24, 2.45) is 23.7 Å². The van der Waals surface area contributed by atoms with E-state index in [0.717, 1.165) is 35.8 Å². The molecular formula is C22H42N2. The maximum atomic E-state index is 4.14. The van der Waals surface area contributed by atoms with Gasteiger partial charge < -0.3 is 10.6 Å². The molecule has 2 N–H and O–H groups in total. The molecule has 2 nitrogen and oxygen atoms in total. The lowest BCUT2D eigenvalue weighted by Crippen LogP contribution is -2.58. The molecule has 8 unspecified atom stereocenters. The van der Waals surface area contributed by atoms with E-state index in [2.05, 4.69) is 38.3 Å². The maximum Gasteiger partial charge on any atom is 0.0224 e. The summed E-state index contributed by atoms with van der Waals surface area (Å²) in [6.07, 6.45) is 14.1. The number of hydrogen-bond acceptors (Lipinski definition) is 2. The van der Waals surface area contributed by atoms with Crippen LogP contribution in [0.1, 0.15) is 91.9 Å². The van der Waals surface area contributed by atoms with Gasteiger partial charge in [0.15, 0.2) is 0 Å². The van der Waals surface area contributed by atoms with Crippen LogP contribution in [0.4, 0.5) is 0 Å². The van der Waals surface area contributed by atoms with Gasteiger partial charge in [0, 0.05) is 24.2 Å². The minimum absolute atomic E-state index is 0.709. The lowest BCUT2D eigenvalue weighted by atomic mass is 9.76. The molecule has 0 radical (unpaired) electrons. The second kappa shape index (κ2) is 8.54. The van der Waals surface area contributed by atoms with Crippen molar-refractivity contribution in [3.63, 3.8) is 0 Å². The van der Waals surface area contributed by atoms with E-state index in [0.29, 0.717) is 12.1 Å². The molecule has 0 aliphatic heterocycles. The summed E-state index contributed by atoms with van der Waals surface area (Å²) in [7, 11) is 0. The van der Waals surface area contributed by atoms with Gasteiger partial charge in [0.05, 0.1) is 0 Å². The molecule has 3 aliphatic rings. The molecule has 0 bridgehead atoms. The highest BCUT2D eigenvalue weighted by atomic mass is 15.1. The summed E-state index contributed by atoms with van der Waals surface area (Å²) in [5.41, 5.74) is 0. The number of rotatable bonds is 4. The molecule has 2 heteroatoms. The Bertz CT molecular complexity index is 346. The van der Waals surface area contributed by atoms with E-state index < -0.39 is 0 Å². The van der Waals surface area contributed by atoms with E-state index in [-0.39, 0.29) is 0 Å². The van der Waals surface area contributed by atoms with Gasteiger partial charge in [0.2, 0.25) is 0 Å². The van der Waals surface area contributed by atoms with Crippen molar-refractivity contribution in [2.45, 2.75) is 116 Å². The second-order valence-corrected chi connectivity index (χ2v) is 9.58. The van der Waals surface area contributed by atoms with Gasteiger partial charge in [0.1, 0.15) is 0 Å². The van der Waals surface area contributed by atoms with Crippen molar-refractivity contribution >= 4 is 0 Å². The molecule has 8 atom stereocenters. The Hall–Kier alpha value is -0.0800. The van der Waals surface area contributed by atoms with E-state index in [1.807, 2.05) is 0 Å². The van der Waals surface area contributed by atoms with Crippen molar-refractivity contribution in [1.29, 1.82) is 0 Å². The minimum Gasteiger partial charge on any atom is -0.309 e. The van der Waals surface area contributed by atoms with E-state index in [4.69, 9.17) is 0 Å². The fourth-order valence-electron chi connectivity index (χ4n) is 5.71. The zero-order chi connectivity index (χ0) is 17.1. The summed E-state index contributed by atoms with van der Waals surface area (Å²) in [5.74, 6) is 3.47. The molecule has 0 saturated heterocycles. The van der Waals surface area contributed by atoms with E-state index >= 15 is 0 Å². The normalized spacial score (nSPS) is 47.5. The predicted molar refractivity (Wildman–Crippen MR) is 104 cm³/mol. The van der Waals surface area contributed by atoms with Gasteiger partial charge in [-0.15, -0.1) is 0 Å². The molecule has 3 fully saturated rings. The fourth-order valence-corrected chi connectivity index (χ4v) is 5.71. The standard InChI is InChI=1S/C22H42N2/c1-15-9-7-13-19(17(15)3)23-21-11-5-6-12-22(21)24-20-14-8-10-16(2)18(20)4/h15-24H,5-14H2,1-4H3. The minimum atomic E-state index is 0.709. The highest BCUT2D eigenvalue weighted by Crippen LogP contribution is 2.33. The summed E-state index contributed by atoms with van der Waals surface area (Å²) in [5, 5.41) is 8.28. The van der Waals surface area contributed by atoms with Crippen LogP contribution in [-0.2, 0) is 0 Å². The molecule has 140 valence electrons. The Labute approximate surface area is 150 Å². The van der Waals surface area contributed by atoms with Crippen LogP contribution in [0.15, 0.2) is 0 Å². The van der Waals surface area contributed by atoms with Gasteiger partial charge >= 0.3 is 0 Å². The quantitative estimate of drug-likeness (QED) is 0.745. The van der Waals surface area contributed by atoms with Gasteiger partial charge in [-0.1, -0.05) is 66.2 Å². The van der Waals surface area contributed by atoms with Crippen molar-refractivity contribution in [3.05, 3.63) is 0 Å². The molecule has 0 amide bonds. The molecule has 0 aromatic carbocycles. The van der Waals surface area contributed by atoms with Gasteiger partial charge in [-0.2, -0.15) is 0 Å². The van der Waals surface area contributed by atoms with E-state index in [1.165, 1.54) is 64.2 Å². The van der Waals surface area contributed by atoms with E-state index in [9.17, 15) is 0 Å². The SMILES string of the molecule is CC1CCCC(NC2CCCCC2NC2CCCC(C)C2C)C1C. The third kappa shape index (κ3) is 4.36. The van der Waals surface area contributed by atoms with E-state index in [1.54, 1.807) is 0 Å². The predicted octanol–water partition coefficient (Wildman–Crippen LogP) is 5.13. The molecule has 0 aromatic rings. The molecule has 24 heavy (non-hydrogen) atoms. The highest BCUT2D eigenvalue weighted by molar-refractivity contribution is 4.94. The lowest BCUT2D eigenvalue weighted by molar-refractivity contribution is 0.139. The molecule has 0 heterocycles. The van der Waals surface area contributed by atoms with Crippen LogP contribution in [0.3, 0.4) is 0 Å². The summed E-state index contributed by atoms with van der Waals surface area (Å²) >= 11 is 0. The van der Waals surface area contributed by atoms with Crippen LogP contribution in [0.25, 0.3) is 0 Å². The summed E-state index contributed by atoms with van der Waals surface area (Å²) in [4.78, 5) is 0. The average Bonchev–Trinajstić information content (AvgIpc) is 2.58. The Kier molecular flexibility index (Phi) is 6.65. The van der Waals surface area contributed by atoms with Crippen molar-refractivity contribution < 1.29 is 0 Å². The average molecular weight is 335 g/mol. The van der Waals surface area contributed by atoms with Crippen LogP contribution in [-0.4, -0.2) is 24.2 Å². The first-order valence-electron chi connectivity index (χ1n) is 11.1. The zero-order valence-electron chi connectivity index (χ0n) is 16.7. The molecule has 3 aliphatic carbocycles. The molecular weight excluding hydrogens is 292 g/mol. The third-order valence-corrected chi connectivity index (χ3v) is 8.04. The Morgan fingerprint density at radius 3 is 1.25 bits per heavy atom. The summed E-state index contributed by atoms with van der Waals surface area (Å²) in [6, 6.07) is 2.93. The van der Waals surface area contributed by atoms with Crippen molar-refractivity contribution in [2.75, 3.05) is 0 Å². The first kappa shape index (κ1) is 18.7. The molecule has 3 rings (SSSR count). The fraction of sp³-hybridized carbons (Fsp3) is 1.00. The molecule has 0 aromatic heterocycles. The monoisotopic (exact) mass is 334 g/mol. The first-order chi connectivity index (χ1) is 11.6. The Morgan fingerprint density at radius 2 is 0.833 bits per heavy atom. The summed E-state index contributed by atoms with van der Waals surface area (Å²) in [6.45, 7) is 9.88. The van der Waals surface area contributed by atoms with Gasteiger partial charge in [-0.3, -0.25) is 0 Å².